The summed E-state index contributed by atoms with van der Waals surface area (Å²) in [4.78, 5) is 12.7. The minimum absolute atomic E-state index is 0.151. The van der Waals surface area contributed by atoms with Crippen molar-refractivity contribution in [2.75, 3.05) is 0 Å². The van der Waals surface area contributed by atoms with Crippen molar-refractivity contribution in [3.8, 4) is 22.6 Å². The molecule has 30 heavy (non-hydrogen) atoms. The molecule has 0 atom stereocenters. The molecule has 0 aromatic carbocycles. The van der Waals surface area contributed by atoms with Gasteiger partial charge in [0.1, 0.15) is 5.69 Å². The van der Waals surface area contributed by atoms with Crippen LogP contribution in [-0.2, 0) is 5.41 Å². The van der Waals surface area contributed by atoms with Gasteiger partial charge in [0.15, 0.2) is 0 Å². The second-order valence-electron chi connectivity index (χ2n) is 7.74. The van der Waals surface area contributed by atoms with E-state index in [-0.39, 0.29) is 5.56 Å². The van der Waals surface area contributed by atoms with Gasteiger partial charge in [0.25, 0.3) is 0 Å². The lowest BCUT2D eigenvalue weighted by Gasteiger charge is -2.24. The highest BCUT2D eigenvalue weighted by atomic mass is 19.1. The predicted octanol–water partition coefficient (Wildman–Crippen LogP) is 5.15. The van der Waals surface area contributed by atoms with E-state index in [4.69, 9.17) is 4.98 Å². The third kappa shape index (κ3) is 3.47. The average molecular weight is 405 g/mol. The molecule has 0 amide bonds. The van der Waals surface area contributed by atoms with Gasteiger partial charge in [-0.25, -0.2) is 0 Å². The zero-order chi connectivity index (χ0) is 21.5. The molecule has 0 unspecified atom stereocenters. The number of hydrogen-bond acceptors (Lipinski definition) is 4. The van der Waals surface area contributed by atoms with Crippen LogP contribution in [0.25, 0.3) is 22.6 Å². The predicted molar refractivity (Wildman–Crippen MR) is 111 cm³/mol. The zero-order valence-electron chi connectivity index (χ0n) is 17.2. The molecule has 152 valence electrons. The molecule has 0 aliphatic rings. The Bertz CT molecular complexity index is 1230. The van der Waals surface area contributed by atoms with Crippen molar-refractivity contribution in [2.24, 2.45) is 0 Å². The lowest BCUT2D eigenvalue weighted by molar-refractivity contribution is 0.514. The molecule has 0 aliphatic carbocycles. The number of H-pyrrole nitrogens is 1. The Kier molecular flexibility index (Phi) is 4.89. The number of rotatable bonds is 4. The molecule has 4 heterocycles. The van der Waals surface area contributed by atoms with Crippen molar-refractivity contribution in [2.45, 2.75) is 33.1 Å². The molecule has 4 aromatic rings. The maximum absolute atomic E-state index is 14.2. The molecule has 0 radical (unpaired) electrons. The normalized spacial score (nSPS) is 11.7. The van der Waals surface area contributed by atoms with Gasteiger partial charge in [-0.1, -0.05) is 12.1 Å². The number of hydrogen-bond donors (Lipinski definition) is 1. The van der Waals surface area contributed by atoms with Crippen LogP contribution < -0.4 is 0 Å². The highest BCUT2D eigenvalue weighted by Gasteiger charge is 2.28. The summed E-state index contributed by atoms with van der Waals surface area (Å²) in [6.45, 7) is 7.99. The van der Waals surface area contributed by atoms with Crippen LogP contribution in [0.15, 0.2) is 48.5 Å². The summed E-state index contributed by atoms with van der Waals surface area (Å²) >= 11 is 0. The van der Waals surface area contributed by atoms with Gasteiger partial charge in [0, 0.05) is 11.1 Å². The largest absolute Gasteiger partial charge is 0.282 e. The molecular formula is C23H21F2N5. The number of halogens is 2. The summed E-state index contributed by atoms with van der Waals surface area (Å²) in [5.74, 6) is -1.75. The Hall–Kier alpha value is -3.48. The fraction of sp³-hybridized carbons (Fsp3) is 0.217. The SMILES string of the molecule is Cc1[nH]nc(-c2cccc(C(C)(C)c3cccc(-c4ccc(F)nc4F)n3)n2)c1C. The van der Waals surface area contributed by atoms with Gasteiger partial charge in [-0.3, -0.25) is 15.1 Å². The first kappa shape index (κ1) is 19.8. The van der Waals surface area contributed by atoms with Crippen LogP contribution in [0.5, 0.6) is 0 Å². The van der Waals surface area contributed by atoms with Gasteiger partial charge >= 0.3 is 0 Å². The Morgan fingerprint density at radius 1 is 0.800 bits per heavy atom. The molecule has 1 N–H and O–H groups in total. The molecule has 4 aromatic heterocycles. The minimum Gasteiger partial charge on any atom is -0.282 e. The number of pyridine rings is 3. The van der Waals surface area contributed by atoms with Crippen LogP contribution in [0.2, 0.25) is 0 Å². The Labute approximate surface area is 173 Å². The molecule has 0 aliphatic heterocycles. The lowest BCUT2D eigenvalue weighted by atomic mass is 9.84. The molecule has 0 spiro atoms. The Morgan fingerprint density at radius 3 is 2.03 bits per heavy atom. The monoisotopic (exact) mass is 405 g/mol. The average Bonchev–Trinajstić information content (AvgIpc) is 3.07. The second-order valence-corrected chi connectivity index (χ2v) is 7.74. The molecular weight excluding hydrogens is 384 g/mol. The van der Waals surface area contributed by atoms with Gasteiger partial charge in [0.2, 0.25) is 11.9 Å². The van der Waals surface area contributed by atoms with E-state index in [0.717, 1.165) is 34.4 Å². The van der Waals surface area contributed by atoms with E-state index >= 15 is 0 Å². The summed E-state index contributed by atoms with van der Waals surface area (Å²) in [5.41, 5.74) is 5.13. The van der Waals surface area contributed by atoms with Crippen molar-refractivity contribution >= 4 is 0 Å². The first-order valence-electron chi connectivity index (χ1n) is 9.57. The van der Waals surface area contributed by atoms with Crippen LogP contribution in [0.3, 0.4) is 0 Å². The van der Waals surface area contributed by atoms with Crippen molar-refractivity contribution in [1.29, 1.82) is 0 Å². The van der Waals surface area contributed by atoms with Crippen LogP contribution in [0, 0.1) is 25.7 Å². The molecule has 0 bridgehead atoms. The number of aromatic nitrogens is 5. The molecule has 0 fully saturated rings. The van der Waals surface area contributed by atoms with E-state index in [0.29, 0.717) is 11.4 Å². The minimum atomic E-state index is -0.887. The fourth-order valence-corrected chi connectivity index (χ4v) is 3.32. The summed E-state index contributed by atoms with van der Waals surface area (Å²) in [5, 5.41) is 7.36. The number of aryl methyl sites for hydroxylation is 1. The lowest BCUT2D eigenvalue weighted by Crippen LogP contribution is -2.22. The first-order chi connectivity index (χ1) is 14.3. The summed E-state index contributed by atoms with van der Waals surface area (Å²) in [6.07, 6.45) is 0. The molecule has 7 heteroatoms. The standard InChI is InChI=1S/C23H21F2N5/c1-13-14(2)29-30-21(13)17-8-6-10-19(27-17)23(3,4)18-9-5-7-16(26-18)15-11-12-20(24)28-22(15)25/h5-12H,1-4H3,(H,29,30). The van der Waals surface area contributed by atoms with Gasteiger partial charge in [-0.2, -0.15) is 18.9 Å². The summed E-state index contributed by atoms with van der Waals surface area (Å²) in [7, 11) is 0. The van der Waals surface area contributed by atoms with E-state index in [9.17, 15) is 8.78 Å². The van der Waals surface area contributed by atoms with Crippen molar-refractivity contribution in [3.05, 3.63) is 83.1 Å². The third-order valence-electron chi connectivity index (χ3n) is 5.37. The van der Waals surface area contributed by atoms with Gasteiger partial charge in [-0.15, -0.1) is 0 Å². The Balaban J connectivity index is 1.76. The summed E-state index contributed by atoms with van der Waals surface area (Å²) in [6, 6.07) is 13.6. The highest BCUT2D eigenvalue weighted by molar-refractivity contribution is 5.61. The first-order valence-corrected chi connectivity index (χ1v) is 9.57. The van der Waals surface area contributed by atoms with Crippen molar-refractivity contribution in [1.82, 2.24) is 25.1 Å². The third-order valence-corrected chi connectivity index (χ3v) is 5.37. The summed E-state index contributed by atoms with van der Waals surface area (Å²) < 4.78 is 27.3. The van der Waals surface area contributed by atoms with Crippen LogP contribution in [-0.4, -0.2) is 25.1 Å². The number of nitrogens with zero attached hydrogens (tertiary/aromatic N) is 4. The molecule has 0 saturated heterocycles. The number of nitrogens with one attached hydrogen (secondary N) is 1. The van der Waals surface area contributed by atoms with Gasteiger partial charge in [0.05, 0.1) is 28.3 Å². The van der Waals surface area contributed by atoms with E-state index < -0.39 is 17.3 Å². The second kappa shape index (κ2) is 7.40. The highest BCUT2D eigenvalue weighted by Crippen LogP contribution is 2.32. The van der Waals surface area contributed by atoms with E-state index in [2.05, 4.69) is 20.2 Å². The van der Waals surface area contributed by atoms with Crippen LogP contribution in [0.1, 0.15) is 36.5 Å². The van der Waals surface area contributed by atoms with E-state index in [1.54, 1.807) is 12.1 Å². The number of aromatic amines is 1. The van der Waals surface area contributed by atoms with Crippen LogP contribution >= 0.6 is 0 Å². The van der Waals surface area contributed by atoms with E-state index in [1.165, 1.54) is 6.07 Å². The molecule has 4 rings (SSSR count). The van der Waals surface area contributed by atoms with Crippen molar-refractivity contribution in [3.63, 3.8) is 0 Å². The zero-order valence-corrected chi connectivity index (χ0v) is 17.2. The maximum Gasteiger partial charge on any atom is 0.224 e. The van der Waals surface area contributed by atoms with Gasteiger partial charge < -0.3 is 0 Å². The Morgan fingerprint density at radius 2 is 1.43 bits per heavy atom. The maximum atomic E-state index is 14.2. The smallest absolute Gasteiger partial charge is 0.224 e. The quantitative estimate of drug-likeness (QED) is 0.477. The van der Waals surface area contributed by atoms with Crippen LogP contribution in [0.4, 0.5) is 8.78 Å². The molecule has 0 saturated carbocycles. The van der Waals surface area contributed by atoms with E-state index in [1.807, 2.05) is 52.0 Å². The molecule has 5 nitrogen and oxygen atoms in total. The van der Waals surface area contributed by atoms with Crippen molar-refractivity contribution < 1.29 is 8.78 Å². The topological polar surface area (TPSA) is 67.3 Å². The van der Waals surface area contributed by atoms with Gasteiger partial charge in [-0.05, 0) is 69.7 Å². The fourth-order valence-electron chi connectivity index (χ4n) is 3.32.